The van der Waals surface area contributed by atoms with E-state index in [4.69, 9.17) is 4.42 Å². The number of amides is 1. The molecule has 0 spiro atoms. The van der Waals surface area contributed by atoms with E-state index in [1.165, 1.54) is 17.8 Å². The van der Waals surface area contributed by atoms with E-state index in [0.29, 0.717) is 18.9 Å². The number of aryl methyl sites for hydroxylation is 1. The van der Waals surface area contributed by atoms with Crippen LogP contribution < -0.4 is 5.32 Å². The first-order valence-electron chi connectivity index (χ1n) is 9.88. The van der Waals surface area contributed by atoms with Crippen LogP contribution in [0.2, 0.25) is 0 Å². The molecule has 1 N–H and O–H groups in total. The zero-order valence-electron chi connectivity index (χ0n) is 16.3. The number of hydrogen-bond acceptors (Lipinski definition) is 3. The smallest absolute Gasteiger partial charge is 0.220 e. The fourth-order valence-electron chi connectivity index (χ4n) is 3.81. The maximum Gasteiger partial charge on any atom is 0.220 e. The van der Waals surface area contributed by atoms with Gasteiger partial charge in [0.15, 0.2) is 11.7 Å². The van der Waals surface area contributed by atoms with Crippen molar-refractivity contribution >= 4 is 21.8 Å². The Bertz CT molecular complexity index is 1060. The summed E-state index contributed by atoms with van der Waals surface area (Å²) in [5.74, 6) is -0.891. The molecule has 0 radical (unpaired) electrons. The van der Waals surface area contributed by atoms with Gasteiger partial charge in [0.05, 0.1) is 11.8 Å². The number of carbonyl (C=O) groups is 1. The van der Waals surface area contributed by atoms with Gasteiger partial charge in [-0.05, 0) is 42.7 Å². The summed E-state index contributed by atoms with van der Waals surface area (Å²) in [7, 11) is 0. The van der Waals surface area contributed by atoms with Gasteiger partial charge in [0.25, 0.3) is 0 Å². The number of rotatable bonds is 7. The topological polar surface area (TPSA) is 55.1 Å². The van der Waals surface area contributed by atoms with Crippen LogP contribution in [0.1, 0.15) is 37.1 Å². The van der Waals surface area contributed by atoms with E-state index in [0.717, 1.165) is 35.9 Å². The molecule has 1 heterocycles. The second-order valence-electron chi connectivity index (χ2n) is 7.66. The average molecular weight is 475 g/mol. The van der Waals surface area contributed by atoms with Crippen LogP contribution in [0, 0.1) is 11.6 Å². The highest BCUT2D eigenvalue weighted by Gasteiger charge is 2.38. The largest absolute Gasteiger partial charge is 0.441 e. The average Bonchev–Trinajstić information content (AvgIpc) is 3.14. The summed E-state index contributed by atoms with van der Waals surface area (Å²) in [6, 6.07) is 11.5. The van der Waals surface area contributed by atoms with Crippen LogP contribution in [0.3, 0.4) is 0 Å². The Morgan fingerprint density at radius 1 is 1.20 bits per heavy atom. The lowest BCUT2D eigenvalue weighted by Gasteiger charge is -2.42. The minimum absolute atomic E-state index is 0.00431. The lowest BCUT2D eigenvalue weighted by atomic mass is 9.64. The molecule has 2 aromatic carbocycles. The fourth-order valence-corrected chi connectivity index (χ4v) is 4.20. The third kappa shape index (κ3) is 4.46. The molecule has 156 valence electrons. The van der Waals surface area contributed by atoms with Crippen molar-refractivity contribution in [3.05, 3.63) is 76.2 Å². The van der Waals surface area contributed by atoms with E-state index in [1.54, 1.807) is 0 Å². The molecule has 0 atom stereocenters. The summed E-state index contributed by atoms with van der Waals surface area (Å²) in [5.41, 5.74) is 1.37. The van der Waals surface area contributed by atoms with Gasteiger partial charge in [0.2, 0.25) is 5.91 Å². The lowest BCUT2D eigenvalue weighted by Crippen LogP contribution is -2.45. The third-order valence-electron chi connectivity index (χ3n) is 5.69. The molecule has 3 aromatic rings. The summed E-state index contributed by atoms with van der Waals surface area (Å²) in [5, 5.41) is 3.04. The number of hydrogen-bond donors (Lipinski definition) is 1. The number of halogens is 3. The second-order valence-corrected chi connectivity index (χ2v) is 8.58. The van der Waals surface area contributed by atoms with Gasteiger partial charge in [-0.3, -0.25) is 4.79 Å². The van der Waals surface area contributed by atoms with Crippen LogP contribution in [0.5, 0.6) is 0 Å². The van der Waals surface area contributed by atoms with E-state index in [1.807, 2.05) is 12.1 Å². The van der Waals surface area contributed by atoms with E-state index >= 15 is 0 Å². The molecule has 1 saturated carbocycles. The minimum atomic E-state index is -0.714. The monoisotopic (exact) mass is 474 g/mol. The van der Waals surface area contributed by atoms with E-state index < -0.39 is 11.6 Å². The second kappa shape index (κ2) is 8.68. The van der Waals surface area contributed by atoms with E-state index in [-0.39, 0.29) is 29.1 Å². The van der Waals surface area contributed by atoms with Gasteiger partial charge in [-0.2, -0.15) is 0 Å². The Balaban J connectivity index is 1.33. The Kier molecular flexibility index (Phi) is 5.99. The van der Waals surface area contributed by atoms with Crippen LogP contribution >= 0.6 is 15.9 Å². The van der Waals surface area contributed by atoms with E-state index in [9.17, 15) is 13.6 Å². The zero-order valence-corrected chi connectivity index (χ0v) is 17.8. The van der Waals surface area contributed by atoms with Crippen molar-refractivity contribution in [2.24, 2.45) is 0 Å². The number of nitrogens with zero attached hydrogens (tertiary/aromatic N) is 1. The molecule has 4 rings (SSSR count). The predicted octanol–water partition coefficient (Wildman–Crippen LogP) is 5.55. The van der Waals surface area contributed by atoms with Gasteiger partial charge in [0.1, 0.15) is 11.6 Å². The SMILES string of the molecule is O=C(CCc1ncc(-c2ccc(F)cc2F)o1)NCC1(c2cccc(Br)c2)CCC1. The molecule has 1 fully saturated rings. The molecule has 1 amide bonds. The summed E-state index contributed by atoms with van der Waals surface area (Å²) >= 11 is 3.52. The normalized spacial score (nSPS) is 14.9. The molecule has 30 heavy (non-hydrogen) atoms. The Morgan fingerprint density at radius 2 is 2.03 bits per heavy atom. The van der Waals surface area contributed by atoms with Gasteiger partial charge in [-0.1, -0.05) is 34.5 Å². The Morgan fingerprint density at radius 3 is 2.73 bits per heavy atom. The highest BCUT2D eigenvalue weighted by atomic mass is 79.9. The van der Waals surface area contributed by atoms with Gasteiger partial charge in [-0.15, -0.1) is 0 Å². The predicted molar refractivity (Wildman–Crippen MR) is 113 cm³/mol. The highest BCUT2D eigenvalue weighted by molar-refractivity contribution is 9.10. The quantitative estimate of drug-likeness (QED) is 0.488. The molecule has 0 saturated heterocycles. The van der Waals surface area contributed by atoms with Crippen LogP contribution in [-0.2, 0) is 16.6 Å². The van der Waals surface area contributed by atoms with Crippen LogP contribution in [-0.4, -0.2) is 17.4 Å². The fraction of sp³-hybridized carbons (Fsp3) is 0.304. The van der Waals surface area contributed by atoms with Crippen LogP contribution in [0.25, 0.3) is 11.3 Å². The van der Waals surface area contributed by atoms with Crippen LogP contribution in [0.4, 0.5) is 8.78 Å². The first-order chi connectivity index (χ1) is 14.4. The van der Waals surface area contributed by atoms with Crippen molar-refractivity contribution in [2.45, 2.75) is 37.5 Å². The summed E-state index contributed by atoms with van der Waals surface area (Å²) < 4.78 is 33.5. The van der Waals surface area contributed by atoms with E-state index in [2.05, 4.69) is 38.4 Å². The molecule has 7 heteroatoms. The minimum Gasteiger partial charge on any atom is -0.441 e. The number of benzene rings is 2. The summed E-state index contributed by atoms with van der Waals surface area (Å²) in [4.78, 5) is 16.5. The molecule has 1 aromatic heterocycles. The molecule has 0 unspecified atom stereocenters. The van der Waals surface area contributed by atoms with Crippen molar-refractivity contribution < 1.29 is 18.0 Å². The molecule has 1 aliphatic carbocycles. The number of aromatic nitrogens is 1. The van der Waals surface area contributed by atoms with Gasteiger partial charge in [0, 0.05) is 35.3 Å². The van der Waals surface area contributed by atoms with Gasteiger partial charge in [-0.25, -0.2) is 13.8 Å². The van der Waals surface area contributed by atoms with Crippen LogP contribution in [0.15, 0.2) is 57.6 Å². The van der Waals surface area contributed by atoms with Crippen molar-refractivity contribution in [2.75, 3.05) is 6.54 Å². The van der Waals surface area contributed by atoms with Crippen molar-refractivity contribution in [1.82, 2.24) is 10.3 Å². The summed E-state index contributed by atoms with van der Waals surface area (Å²) in [6.07, 6.45) is 5.17. The van der Waals surface area contributed by atoms with Crippen molar-refractivity contribution in [3.63, 3.8) is 0 Å². The molecule has 4 nitrogen and oxygen atoms in total. The standard InChI is InChI=1S/C23H21BrF2N2O2/c24-16-4-1-3-15(11-16)23(9-2-10-23)14-28-21(29)7-8-22-27-13-20(30-22)18-6-5-17(25)12-19(18)26/h1,3-6,11-13H,2,7-10,14H2,(H,28,29). The third-order valence-corrected chi connectivity index (χ3v) is 6.18. The summed E-state index contributed by atoms with van der Waals surface area (Å²) in [6.45, 7) is 0.597. The number of carbonyl (C=O) groups excluding carboxylic acids is 1. The molecule has 0 aliphatic heterocycles. The number of nitrogens with one attached hydrogen (secondary N) is 1. The number of oxazole rings is 1. The van der Waals surface area contributed by atoms with Crippen molar-refractivity contribution in [1.29, 1.82) is 0 Å². The zero-order chi connectivity index (χ0) is 21.1. The Hall–Kier alpha value is -2.54. The first kappa shape index (κ1) is 20.7. The Labute approximate surface area is 181 Å². The highest BCUT2D eigenvalue weighted by Crippen LogP contribution is 2.43. The lowest BCUT2D eigenvalue weighted by molar-refractivity contribution is -0.121. The van der Waals surface area contributed by atoms with Gasteiger partial charge < -0.3 is 9.73 Å². The molecule has 0 bridgehead atoms. The maximum absolute atomic E-state index is 13.9. The molecule has 1 aliphatic rings. The first-order valence-corrected chi connectivity index (χ1v) is 10.7. The maximum atomic E-state index is 13.9. The molecular formula is C23H21BrF2N2O2. The van der Waals surface area contributed by atoms with Gasteiger partial charge >= 0.3 is 0 Å². The van der Waals surface area contributed by atoms with Crippen molar-refractivity contribution in [3.8, 4) is 11.3 Å². The molecular weight excluding hydrogens is 454 g/mol.